The lowest BCUT2D eigenvalue weighted by molar-refractivity contribution is -0.119. The highest BCUT2D eigenvalue weighted by Gasteiger charge is 2.27. The van der Waals surface area contributed by atoms with E-state index in [-0.39, 0.29) is 17.7 Å². The van der Waals surface area contributed by atoms with Crippen molar-refractivity contribution >= 4 is 23.5 Å². The van der Waals surface area contributed by atoms with Crippen LogP contribution in [0.15, 0.2) is 48.5 Å². The summed E-state index contributed by atoms with van der Waals surface area (Å²) >= 11 is 0. The van der Waals surface area contributed by atoms with Crippen LogP contribution in [0, 0.1) is 12.8 Å². The second kappa shape index (κ2) is 10.4. The predicted molar refractivity (Wildman–Crippen MR) is 113 cm³/mol. The van der Waals surface area contributed by atoms with Gasteiger partial charge in [0.25, 0.3) is 5.91 Å². The van der Waals surface area contributed by atoms with Crippen molar-refractivity contribution in [2.45, 2.75) is 40.2 Å². The van der Waals surface area contributed by atoms with Crippen LogP contribution in [-0.2, 0) is 9.53 Å². The Hall–Kier alpha value is -3.15. The zero-order valence-electron chi connectivity index (χ0n) is 17.3. The monoisotopic (exact) mass is 396 g/mol. The maximum atomic E-state index is 12.9. The van der Waals surface area contributed by atoms with Crippen molar-refractivity contribution in [3.8, 4) is 0 Å². The van der Waals surface area contributed by atoms with Crippen LogP contribution in [0.3, 0.4) is 0 Å². The molecule has 6 heteroatoms. The summed E-state index contributed by atoms with van der Waals surface area (Å²) in [6.07, 6.45) is 0.730. The molecule has 29 heavy (non-hydrogen) atoms. The van der Waals surface area contributed by atoms with E-state index >= 15 is 0 Å². The summed E-state index contributed by atoms with van der Waals surface area (Å²) < 4.78 is 4.95. The quantitative estimate of drug-likeness (QED) is 0.662. The lowest BCUT2D eigenvalue weighted by atomic mass is 9.97. The SMILES string of the molecule is CCOC(=O)c1ccc(NC(=O)[C@@H](NC(=O)c2ccccc2C)[C@@H](C)CC)cc1. The number of ether oxygens (including phenoxy) is 1. The molecule has 154 valence electrons. The normalized spacial score (nSPS) is 12.6. The van der Waals surface area contributed by atoms with Gasteiger partial charge in [-0.15, -0.1) is 0 Å². The van der Waals surface area contributed by atoms with Crippen molar-refractivity contribution < 1.29 is 19.1 Å². The van der Waals surface area contributed by atoms with Gasteiger partial charge in [-0.25, -0.2) is 4.79 Å². The van der Waals surface area contributed by atoms with E-state index in [0.717, 1.165) is 12.0 Å². The average Bonchev–Trinajstić information content (AvgIpc) is 2.72. The molecule has 2 rings (SSSR count). The van der Waals surface area contributed by atoms with Gasteiger partial charge in [0.15, 0.2) is 0 Å². The number of aryl methyl sites for hydroxylation is 1. The van der Waals surface area contributed by atoms with Crippen molar-refractivity contribution in [3.63, 3.8) is 0 Å². The molecule has 0 saturated carbocycles. The van der Waals surface area contributed by atoms with E-state index in [1.54, 1.807) is 43.3 Å². The van der Waals surface area contributed by atoms with Crippen LogP contribution in [-0.4, -0.2) is 30.4 Å². The molecule has 0 aliphatic heterocycles. The Morgan fingerprint density at radius 3 is 2.24 bits per heavy atom. The average molecular weight is 396 g/mol. The molecule has 6 nitrogen and oxygen atoms in total. The Kier molecular flexibility index (Phi) is 7.95. The molecule has 2 amide bonds. The topological polar surface area (TPSA) is 84.5 Å². The zero-order valence-corrected chi connectivity index (χ0v) is 17.3. The van der Waals surface area contributed by atoms with Crippen LogP contribution in [0.25, 0.3) is 0 Å². The standard InChI is InChI=1S/C23H28N2O4/c1-5-15(3)20(25-21(26)19-10-8-7-9-16(19)4)22(27)24-18-13-11-17(12-14-18)23(28)29-6-2/h7-15,20H,5-6H2,1-4H3,(H,24,27)(H,25,26)/t15-,20-/m0/s1. The number of rotatable bonds is 8. The fourth-order valence-electron chi connectivity index (χ4n) is 2.87. The third-order valence-corrected chi connectivity index (χ3v) is 4.84. The summed E-state index contributed by atoms with van der Waals surface area (Å²) in [5, 5.41) is 5.69. The number of nitrogens with one attached hydrogen (secondary N) is 2. The number of hydrogen-bond acceptors (Lipinski definition) is 4. The van der Waals surface area contributed by atoms with Gasteiger partial charge in [-0.2, -0.15) is 0 Å². The molecule has 0 spiro atoms. The maximum absolute atomic E-state index is 12.9. The maximum Gasteiger partial charge on any atom is 0.338 e. The molecule has 0 fully saturated rings. The van der Waals surface area contributed by atoms with Gasteiger partial charge in [-0.3, -0.25) is 9.59 Å². The molecule has 0 aromatic heterocycles. The van der Waals surface area contributed by atoms with Gasteiger partial charge in [0.1, 0.15) is 6.04 Å². The third kappa shape index (κ3) is 5.91. The van der Waals surface area contributed by atoms with Crippen LogP contribution in [0.5, 0.6) is 0 Å². The number of amides is 2. The minimum atomic E-state index is -0.683. The highest BCUT2D eigenvalue weighted by Crippen LogP contribution is 2.15. The molecule has 2 aromatic rings. The minimum Gasteiger partial charge on any atom is -0.462 e. The van der Waals surface area contributed by atoms with E-state index in [2.05, 4.69) is 10.6 Å². The molecule has 0 unspecified atom stereocenters. The number of carbonyl (C=O) groups is 3. The highest BCUT2D eigenvalue weighted by molar-refractivity contribution is 6.02. The van der Waals surface area contributed by atoms with Crippen molar-refractivity contribution in [3.05, 3.63) is 65.2 Å². The van der Waals surface area contributed by atoms with E-state index in [9.17, 15) is 14.4 Å². The summed E-state index contributed by atoms with van der Waals surface area (Å²) in [7, 11) is 0. The van der Waals surface area contributed by atoms with Crippen LogP contribution in [0.4, 0.5) is 5.69 Å². The number of hydrogen-bond donors (Lipinski definition) is 2. The predicted octanol–water partition coefficient (Wildman–Crippen LogP) is 3.95. The first-order valence-corrected chi connectivity index (χ1v) is 9.81. The van der Waals surface area contributed by atoms with E-state index < -0.39 is 12.0 Å². The van der Waals surface area contributed by atoms with Crippen molar-refractivity contribution in [1.82, 2.24) is 5.32 Å². The first-order valence-electron chi connectivity index (χ1n) is 9.81. The molecule has 0 heterocycles. The lowest BCUT2D eigenvalue weighted by Crippen LogP contribution is -2.47. The molecule has 0 bridgehead atoms. The van der Waals surface area contributed by atoms with Crippen LogP contribution >= 0.6 is 0 Å². The largest absolute Gasteiger partial charge is 0.462 e. The van der Waals surface area contributed by atoms with Gasteiger partial charge in [-0.05, 0) is 55.7 Å². The summed E-state index contributed by atoms with van der Waals surface area (Å²) in [4.78, 5) is 37.3. The van der Waals surface area contributed by atoms with Gasteiger partial charge in [0.05, 0.1) is 12.2 Å². The van der Waals surface area contributed by atoms with Gasteiger partial charge >= 0.3 is 5.97 Å². The van der Waals surface area contributed by atoms with Crippen molar-refractivity contribution in [2.24, 2.45) is 5.92 Å². The summed E-state index contributed by atoms with van der Waals surface area (Å²) in [5.74, 6) is -1.04. The lowest BCUT2D eigenvalue weighted by Gasteiger charge is -2.24. The Balaban J connectivity index is 2.12. The fourth-order valence-corrected chi connectivity index (χ4v) is 2.87. The molecule has 0 aliphatic rings. The Morgan fingerprint density at radius 2 is 1.66 bits per heavy atom. The first-order chi connectivity index (χ1) is 13.9. The van der Waals surface area contributed by atoms with Crippen molar-refractivity contribution in [1.29, 1.82) is 0 Å². The van der Waals surface area contributed by atoms with Crippen molar-refractivity contribution in [2.75, 3.05) is 11.9 Å². The van der Waals surface area contributed by atoms with Gasteiger partial charge in [0, 0.05) is 11.3 Å². The number of anilines is 1. The van der Waals surface area contributed by atoms with Crippen LogP contribution in [0.1, 0.15) is 53.5 Å². The van der Waals surface area contributed by atoms with Gasteiger partial charge < -0.3 is 15.4 Å². The van der Waals surface area contributed by atoms with E-state index in [4.69, 9.17) is 4.74 Å². The third-order valence-electron chi connectivity index (χ3n) is 4.84. The van der Waals surface area contributed by atoms with Gasteiger partial charge in [-0.1, -0.05) is 38.5 Å². The zero-order chi connectivity index (χ0) is 21.4. The van der Waals surface area contributed by atoms with E-state index in [1.165, 1.54) is 0 Å². The first kappa shape index (κ1) is 22.1. The summed E-state index contributed by atoms with van der Waals surface area (Å²) in [6.45, 7) is 7.80. The minimum absolute atomic E-state index is 0.0539. The van der Waals surface area contributed by atoms with E-state index in [0.29, 0.717) is 23.4 Å². The van der Waals surface area contributed by atoms with E-state index in [1.807, 2.05) is 32.9 Å². The molecular weight excluding hydrogens is 368 g/mol. The number of benzene rings is 2. The van der Waals surface area contributed by atoms with Crippen LogP contribution in [0.2, 0.25) is 0 Å². The molecule has 2 atom stereocenters. The Bertz CT molecular complexity index is 861. The Labute approximate surface area is 171 Å². The number of carbonyl (C=O) groups excluding carboxylic acids is 3. The second-order valence-corrected chi connectivity index (χ2v) is 6.94. The summed E-state index contributed by atoms with van der Waals surface area (Å²) in [5.41, 5.74) is 2.35. The highest BCUT2D eigenvalue weighted by atomic mass is 16.5. The number of esters is 1. The molecule has 2 aromatic carbocycles. The molecule has 0 aliphatic carbocycles. The second-order valence-electron chi connectivity index (χ2n) is 6.94. The smallest absolute Gasteiger partial charge is 0.338 e. The molecule has 0 saturated heterocycles. The molecule has 0 radical (unpaired) electrons. The van der Waals surface area contributed by atoms with Gasteiger partial charge in [0.2, 0.25) is 5.91 Å². The van der Waals surface area contributed by atoms with Crippen LogP contribution < -0.4 is 10.6 Å². The summed E-state index contributed by atoms with van der Waals surface area (Å²) in [6, 6.07) is 13.0. The Morgan fingerprint density at radius 1 is 1.00 bits per heavy atom. The molecule has 2 N–H and O–H groups in total. The fraction of sp³-hybridized carbons (Fsp3) is 0.348. The molecular formula is C23H28N2O4.